The Bertz CT molecular complexity index is 1250. The molecule has 0 unspecified atom stereocenters. The van der Waals surface area contributed by atoms with Crippen molar-refractivity contribution in [1.29, 1.82) is 0 Å². The van der Waals surface area contributed by atoms with E-state index in [0.29, 0.717) is 31.3 Å². The molecule has 0 bridgehead atoms. The standard InChI is InChI=1S/C24H25N5O3/c1-17-26-15-22(32-17)20-6-5-19(14-21(20)31-2)27-10-12-28(13-11-27)23(30)16-29-9-7-18-4-3-8-25-24(18)29/h3-9,14-15H,10-13,16H2,1-2H3. The van der Waals surface area contributed by atoms with Crippen LogP contribution >= 0.6 is 0 Å². The topological polar surface area (TPSA) is 76.6 Å². The first-order valence-electron chi connectivity index (χ1n) is 10.7. The zero-order chi connectivity index (χ0) is 22.1. The number of aromatic nitrogens is 3. The van der Waals surface area contributed by atoms with Gasteiger partial charge in [-0.3, -0.25) is 4.79 Å². The molecule has 4 aromatic rings. The monoisotopic (exact) mass is 431 g/mol. The third kappa shape index (κ3) is 3.79. The Kier molecular flexibility index (Phi) is 5.26. The number of fused-ring (bicyclic) bond motifs is 1. The Hall–Kier alpha value is -3.81. The molecule has 0 aliphatic carbocycles. The number of oxazole rings is 1. The average Bonchev–Trinajstić information content (AvgIpc) is 3.45. The lowest BCUT2D eigenvalue weighted by atomic mass is 10.1. The second-order valence-corrected chi connectivity index (χ2v) is 7.86. The zero-order valence-corrected chi connectivity index (χ0v) is 18.2. The summed E-state index contributed by atoms with van der Waals surface area (Å²) >= 11 is 0. The van der Waals surface area contributed by atoms with Crippen molar-refractivity contribution in [2.24, 2.45) is 0 Å². The van der Waals surface area contributed by atoms with E-state index in [4.69, 9.17) is 9.15 Å². The van der Waals surface area contributed by atoms with Crippen LogP contribution in [-0.4, -0.2) is 58.6 Å². The Morgan fingerprint density at radius 2 is 1.97 bits per heavy atom. The molecule has 32 heavy (non-hydrogen) atoms. The molecule has 1 aliphatic rings. The van der Waals surface area contributed by atoms with E-state index < -0.39 is 0 Å². The van der Waals surface area contributed by atoms with Crippen LogP contribution in [0.2, 0.25) is 0 Å². The zero-order valence-electron chi connectivity index (χ0n) is 18.2. The van der Waals surface area contributed by atoms with E-state index in [2.05, 4.69) is 20.9 Å². The molecule has 3 aromatic heterocycles. The molecule has 1 aliphatic heterocycles. The summed E-state index contributed by atoms with van der Waals surface area (Å²) in [4.78, 5) is 25.6. The molecule has 0 spiro atoms. The van der Waals surface area contributed by atoms with Gasteiger partial charge in [0.25, 0.3) is 0 Å². The summed E-state index contributed by atoms with van der Waals surface area (Å²) in [5.41, 5.74) is 2.78. The number of hydrogen-bond acceptors (Lipinski definition) is 6. The van der Waals surface area contributed by atoms with Crippen LogP contribution in [0, 0.1) is 6.92 Å². The summed E-state index contributed by atoms with van der Waals surface area (Å²) in [6, 6.07) is 12.0. The van der Waals surface area contributed by atoms with E-state index in [1.54, 1.807) is 19.5 Å². The highest BCUT2D eigenvalue weighted by Crippen LogP contribution is 2.34. The Labute approximate surface area is 186 Å². The highest BCUT2D eigenvalue weighted by Gasteiger charge is 2.23. The number of methoxy groups -OCH3 is 1. The fourth-order valence-corrected chi connectivity index (χ4v) is 4.17. The van der Waals surface area contributed by atoms with Crippen molar-refractivity contribution in [2.75, 3.05) is 38.2 Å². The maximum Gasteiger partial charge on any atom is 0.242 e. The van der Waals surface area contributed by atoms with E-state index in [1.807, 2.05) is 52.9 Å². The van der Waals surface area contributed by atoms with Crippen molar-refractivity contribution in [3.8, 4) is 17.1 Å². The largest absolute Gasteiger partial charge is 0.496 e. The summed E-state index contributed by atoms with van der Waals surface area (Å²) in [6.07, 6.45) is 5.39. The molecular weight excluding hydrogens is 406 g/mol. The molecule has 0 atom stereocenters. The number of piperazine rings is 1. The van der Waals surface area contributed by atoms with Crippen molar-refractivity contribution in [1.82, 2.24) is 19.4 Å². The predicted octanol–water partition coefficient (Wildman–Crippen LogP) is 3.36. The maximum absolute atomic E-state index is 12.9. The van der Waals surface area contributed by atoms with Crippen LogP contribution in [0.15, 0.2) is 59.4 Å². The number of carbonyl (C=O) groups excluding carboxylic acids is 1. The molecule has 1 saturated heterocycles. The first kappa shape index (κ1) is 20.1. The predicted molar refractivity (Wildman–Crippen MR) is 122 cm³/mol. The van der Waals surface area contributed by atoms with Crippen LogP contribution in [0.25, 0.3) is 22.4 Å². The molecule has 0 saturated carbocycles. The van der Waals surface area contributed by atoms with Crippen LogP contribution in [-0.2, 0) is 11.3 Å². The minimum atomic E-state index is 0.112. The maximum atomic E-state index is 12.9. The van der Waals surface area contributed by atoms with Crippen LogP contribution < -0.4 is 9.64 Å². The van der Waals surface area contributed by atoms with Gasteiger partial charge >= 0.3 is 0 Å². The van der Waals surface area contributed by atoms with Crippen molar-refractivity contribution < 1.29 is 13.9 Å². The molecule has 0 N–H and O–H groups in total. The molecular formula is C24H25N5O3. The van der Waals surface area contributed by atoms with Gasteiger partial charge in [0.1, 0.15) is 17.9 Å². The summed E-state index contributed by atoms with van der Waals surface area (Å²) in [5, 5.41) is 1.04. The van der Waals surface area contributed by atoms with E-state index in [1.165, 1.54) is 0 Å². The molecule has 4 heterocycles. The summed E-state index contributed by atoms with van der Waals surface area (Å²) in [7, 11) is 1.66. The average molecular weight is 431 g/mol. The number of rotatable bonds is 5. The highest BCUT2D eigenvalue weighted by molar-refractivity contribution is 5.81. The van der Waals surface area contributed by atoms with Gasteiger partial charge in [0, 0.05) is 62.6 Å². The lowest BCUT2D eigenvalue weighted by Crippen LogP contribution is -2.49. The minimum Gasteiger partial charge on any atom is -0.496 e. The van der Waals surface area contributed by atoms with Crippen molar-refractivity contribution in [3.05, 3.63) is 60.9 Å². The second kappa shape index (κ2) is 8.37. The van der Waals surface area contributed by atoms with Gasteiger partial charge in [-0.05, 0) is 30.3 Å². The van der Waals surface area contributed by atoms with Crippen LogP contribution in [0.1, 0.15) is 5.89 Å². The van der Waals surface area contributed by atoms with Gasteiger partial charge < -0.3 is 23.5 Å². The smallest absolute Gasteiger partial charge is 0.242 e. The fraction of sp³-hybridized carbons (Fsp3) is 0.292. The summed E-state index contributed by atoms with van der Waals surface area (Å²) in [6.45, 7) is 5.01. The highest BCUT2D eigenvalue weighted by atomic mass is 16.5. The molecule has 8 nitrogen and oxygen atoms in total. The Morgan fingerprint density at radius 3 is 2.72 bits per heavy atom. The molecule has 164 valence electrons. The number of hydrogen-bond donors (Lipinski definition) is 0. The third-order valence-corrected chi connectivity index (χ3v) is 5.90. The minimum absolute atomic E-state index is 0.112. The number of amides is 1. The van der Waals surface area contributed by atoms with Gasteiger partial charge in [0.05, 0.1) is 18.9 Å². The van der Waals surface area contributed by atoms with E-state index in [-0.39, 0.29) is 5.91 Å². The third-order valence-electron chi connectivity index (χ3n) is 5.90. The Morgan fingerprint density at radius 1 is 1.12 bits per heavy atom. The second-order valence-electron chi connectivity index (χ2n) is 7.86. The number of nitrogens with zero attached hydrogens (tertiary/aromatic N) is 5. The van der Waals surface area contributed by atoms with Crippen molar-refractivity contribution >= 4 is 22.6 Å². The number of benzene rings is 1. The lowest BCUT2D eigenvalue weighted by molar-refractivity contribution is -0.132. The molecule has 1 aromatic carbocycles. The number of pyridine rings is 1. The van der Waals surface area contributed by atoms with E-state index in [0.717, 1.165) is 41.1 Å². The van der Waals surface area contributed by atoms with Crippen molar-refractivity contribution in [3.63, 3.8) is 0 Å². The number of aryl methyl sites for hydroxylation is 1. The van der Waals surface area contributed by atoms with E-state index >= 15 is 0 Å². The normalized spacial score (nSPS) is 14.2. The van der Waals surface area contributed by atoms with Gasteiger partial charge in [0.15, 0.2) is 11.7 Å². The summed E-state index contributed by atoms with van der Waals surface area (Å²) in [5.74, 6) is 2.16. The van der Waals surface area contributed by atoms with Crippen LogP contribution in [0.3, 0.4) is 0 Å². The lowest BCUT2D eigenvalue weighted by Gasteiger charge is -2.36. The molecule has 5 rings (SSSR count). The molecule has 0 radical (unpaired) electrons. The van der Waals surface area contributed by atoms with Crippen molar-refractivity contribution in [2.45, 2.75) is 13.5 Å². The first-order chi connectivity index (χ1) is 15.6. The number of carbonyl (C=O) groups is 1. The quantitative estimate of drug-likeness (QED) is 0.482. The first-order valence-corrected chi connectivity index (χ1v) is 10.7. The van der Waals surface area contributed by atoms with Gasteiger partial charge in [-0.1, -0.05) is 0 Å². The van der Waals surface area contributed by atoms with Gasteiger partial charge in [0.2, 0.25) is 5.91 Å². The molecule has 8 heteroatoms. The van der Waals surface area contributed by atoms with Crippen LogP contribution in [0.5, 0.6) is 5.75 Å². The number of anilines is 1. The van der Waals surface area contributed by atoms with Gasteiger partial charge in [-0.15, -0.1) is 0 Å². The van der Waals surface area contributed by atoms with E-state index in [9.17, 15) is 4.79 Å². The molecule has 1 fully saturated rings. The van der Waals surface area contributed by atoms with Gasteiger partial charge in [-0.25, -0.2) is 9.97 Å². The molecule has 1 amide bonds. The Balaban J connectivity index is 1.25. The number of ether oxygens (including phenoxy) is 1. The van der Waals surface area contributed by atoms with Crippen LogP contribution in [0.4, 0.5) is 5.69 Å². The SMILES string of the molecule is COc1cc(N2CCN(C(=O)Cn3ccc4cccnc43)CC2)ccc1-c1cnc(C)o1. The summed E-state index contributed by atoms with van der Waals surface area (Å²) < 4.78 is 13.2. The fourth-order valence-electron chi connectivity index (χ4n) is 4.17. The van der Waals surface area contributed by atoms with Gasteiger partial charge in [-0.2, -0.15) is 0 Å².